The molecule has 1 aromatic rings. The molecule has 2 rings (SSSR count). The van der Waals surface area contributed by atoms with Crippen LogP contribution in [0.15, 0.2) is 6.20 Å². The van der Waals surface area contributed by atoms with E-state index in [0.717, 1.165) is 12.8 Å². The van der Waals surface area contributed by atoms with Crippen LogP contribution in [-0.4, -0.2) is 28.6 Å². The van der Waals surface area contributed by atoms with Gasteiger partial charge in [0.2, 0.25) is 5.78 Å². The Bertz CT molecular complexity index is 368. The van der Waals surface area contributed by atoms with Crippen molar-refractivity contribution in [3.05, 3.63) is 11.1 Å². The highest BCUT2D eigenvalue weighted by molar-refractivity contribution is 7.15. The number of carbonyl (C=O) groups excluding carboxylic acids is 1. The van der Waals surface area contributed by atoms with Crippen molar-refractivity contribution in [3.8, 4) is 5.19 Å². The summed E-state index contributed by atoms with van der Waals surface area (Å²) in [6, 6.07) is 0. The summed E-state index contributed by atoms with van der Waals surface area (Å²) in [6.45, 7) is 0. The van der Waals surface area contributed by atoms with Gasteiger partial charge in [-0.15, -0.1) is 0 Å². The lowest BCUT2D eigenvalue weighted by Crippen LogP contribution is -2.34. The molecule has 0 radical (unpaired) electrons. The largest absolute Gasteiger partial charge is 0.473 e. The molecule has 82 valence electrons. The molecule has 1 fully saturated rings. The first kappa shape index (κ1) is 10.6. The Hall–Kier alpha value is -0.940. The molecule has 0 unspecified atom stereocenters. The average molecular weight is 227 g/mol. The molecule has 0 saturated heterocycles. The number of nitrogens with zero attached hydrogens (tertiary/aromatic N) is 1. The Morgan fingerprint density at radius 1 is 1.60 bits per heavy atom. The van der Waals surface area contributed by atoms with Crippen molar-refractivity contribution in [3.63, 3.8) is 0 Å². The fourth-order valence-electron chi connectivity index (χ4n) is 1.87. The van der Waals surface area contributed by atoms with E-state index in [4.69, 9.17) is 4.74 Å². The van der Waals surface area contributed by atoms with Gasteiger partial charge in [0.25, 0.3) is 5.19 Å². The van der Waals surface area contributed by atoms with Crippen LogP contribution in [0.5, 0.6) is 5.19 Å². The molecule has 1 aliphatic carbocycles. The van der Waals surface area contributed by atoms with Gasteiger partial charge in [-0.05, 0) is 25.7 Å². The first-order valence-corrected chi connectivity index (χ1v) is 5.74. The molecule has 0 atom stereocenters. The minimum atomic E-state index is -1.16. The highest BCUT2D eigenvalue weighted by Gasteiger charge is 2.40. The number of thiazole rings is 1. The van der Waals surface area contributed by atoms with Gasteiger partial charge in [-0.2, -0.15) is 0 Å². The van der Waals surface area contributed by atoms with Crippen LogP contribution >= 0.6 is 11.3 Å². The van der Waals surface area contributed by atoms with Crippen LogP contribution in [0.4, 0.5) is 0 Å². The maximum Gasteiger partial charge on any atom is 0.273 e. The second-order valence-electron chi connectivity index (χ2n) is 3.76. The zero-order chi connectivity index (χ0) is 10.9. The maximum absolute atomic E-state index is 12.0. The van der Waals surface area contributed by atoms with Crippen LogP contribution in [0.2, 0.25) is 0 Å². The maximum atomic E-state index is 12.0. The summed E-state index contributed by atoms with van der Waals surface area (Å²) < 4.78 is 4.91. The topological polar surface area (TPSA) is 59.4 Å². The van der Waals surface area contributed by atoms with E-state index in [2.05, 4.69) is 4.98 Å². The molecular weight excluding hydrogens is 214 g/mol. The number of aromatic nitrogens is 1. The first-order chi connectivity index (χ1) is 7.15. The molecule has 1 N–H and O–H groups in total. The van der Waals surface area contributed by atoms with E-state index in [-0.39, 0.29) is 5.78 Å². The van der Waals surface area contributed by atoms with E-state index >= 15 is 0 Å². The lowest BCUT2D eigenvalue weighted by molar-refractivity contribution is 0.0357. The van der Waals surface area contributed by atoms with Gasteiger partial charge < -0.3 is 9.84 Å². The Balaban J connectivity index is 2.19. The van der Waals surface area contributed by atoms with E-state index in [0.29, 0.717) is 22.9 Å². The normalized spacial score (nSPS) is 19.1. The number of carbonyl (C=O) groups is 1. The zero-order valence-corrected chi connectivity index (χ0v) is 9.34. The standard InChI is InChI=1S/C10H13NO3S/c1-14-9-11-6-7(15-9)8(12)10(13)4-2-3-5-10/h6,13H,2-5H2,1H3. The van der Waals surface area contributed by atoms with Crippen LogP contribution in [0.3, 0.4) is 0 Å². The Morgan fingerprint density at radius 2 is 2.27 bits per heavy atom. The van der Waals surface area contributed by atoms with Crippen LogP contribution < -0.4 is 4.74 Å². The number of ketones is 1. The van der Waals surface area contributed by atoms with Gasteiger partial charge >= 0.3 is 0 Å². The molecule has 5 heteroatoms. The molecule has 0 aliphatic heterocycles. The number of hydrogen-bond donors (Lipinski definition) is 1. The predicted molar refractivity (Wildman–Crippen MR) is 56.4 cm³/mol. The molecule has 4 nitrogen and oxygen atoms in total. The third-order valence-corrected chi connectivity index (χ3v) is 3.69. The quantitative estimate of drug-likeness (QED) is 0.797. The smallest absolute Gasteiger partial charge is 0.273 e. The molecule has 0 bridgehead atoms. The highest BCUT2D eigenvalue weighted by Crippen LogP contribution is 2.34. The van der Waals surface area contributed by atoms with E-state index in [1.54, 1.807) is 0 Å². The van der Waals surface area contributed by atoms with E-state index in [1.165, 1.54) is 24.6 Å². The molecule has 0 aromatic carbocycles. The number of Topliss-reactive ketones (excluding diaryl/α,β-unsaturated/α-hetero) is 1. The molecular formula is C10H13NO3S. The third-order valence-electron chi connectivity index (χ3n) is 2.74. The van der Waals surface area contributed by atoms with Gasteiger partial charge in [0.1, 0.15) is 5.60 Å². The Kier molecular flexibility index (Phi) is 2.75. The van der Waals surface area contributed by atoms with Gasteiger partial charge in [0.15, 0.2) is 0 Å². The average Bonchev–Trinajstić information content (AvgIpc) is 2.85. The summed E-state index contributed by atoms with van der Waals surface area (Å²) in [5.74, 6) is -0.208. The zero-order valence-electron chi connectivity index (χ0n) is 8.52. The van der Waals surface area contributed by atoms with Gasteiger partial charge in [-0.3, -0.25) is 4.79 Å². The van der Waals surface area contributed by atoms with Crippen LogP contribution in [0, 0.1) is 0 Å². The molecule has 15 heavy (non-hydrogen) atoms. The molecule has 1 saturated carbocycles. The minimum absolute atomic E-state index is 0.208. The van der Waals surface area contributed by atoms with Crippen molar-refractivity contribution < 1.29 is 14.6 Å². The van der Waals surface area contributed by atoms with Crippen LogP contribution in [-0.2, 0) is 0 Å². The summed E-state index contributed by atoms with van der Waals surface area (Å²) in [7, 11) is 1.51. The van der Waals surface area contributed by atoms with Gasteiger partial charge in [0.05, 0.1) is 18.2 Å². The predicted octanol–water partition coefficient (Wildman–Crippen LogP) is 1.64. The molecule has 0 amide bonds. The second-order valence-corrected chi connectivity index (χ2v) is 4.76. The third kappa shape index (κ3) is 1.89. The molecule has 0 spiro atoms. The van der Waals surface area contributed by atoms with Gasteiger partial charge in [-0.25, -0.2) is 4.98 Å². The number of rotatable bonds is 3. The number of methoxy groups -OCH3 is 1. The Morgan fingerprint density at radius 3 is 2.80 bits per heavy atom. The number of hydrogen-bond acceptors (Lipinski definition) is 5. The second kappa shape index (κ2) is 3.90. The summed E-state index contributed by atoms with van der Waals surface area (Å²) >= 11 is 1.18. The number of aliphatic hydroxyl groups is 1. The minimum Gasteiger partial charge on any atom is -0.473 e. The fraction of sp³-hybridized carbons (Fsp3) is 0.600. The van der Waals surface area contributed by atoms with E-state index < -0.39 is 5.60 Å². The van der Waals surface area contributed by atoms with E-state index in [9.17, 15) is 9.90 Å². The lowest BCUT2D eigenvalue weighted by Gasteiger charge is -2.18. The van der Waals surface area contributed by atoms with Crippen molar-refractivity contribution in [2.45, 2.75) is 31.3 Å². The molecule has 1 heterocycles. The SMILES string of the molecule is COc1ncc(C(=O)C2(O)CCCC2)s1. The highest BCUT2D eigenvalue weighted by atomic mass is 32.1. The Labute approximate surface area is 91.9 Å². The summed E-state index contributed by atoms with van der Waals surface area (Å²) in [5.41, 5.74) is -1.16. The summed E-state index contributed by atoms with van der Waals surface area (Å²) in [4.78, 5) is 16.4. The lowest BCUT2D eigenvalue weighted by atomic mass is 9.96. The fourth-order valence-corrected chi connectivity index (χ4v) is 2.64. The van der Waals surface area contributed by atoms with Crippen molar-refractivity contribution in [1.29, 1.82) is 0 Å². The molecule has 1 aromatic heterocycles. The van der Waals surface area contributed by atoms with Crippen molar-refractivity contribution in [2.24, 2.45) is 0 Å². The van der Waals surface area contributed by atoms with Crippen molar-refractivity contribution in [2.75, 3.05) is 7.11 Å². The first-order valence-electron chi connectivity index (χ1n) is 4.93. The molecule has 1 aliphatic rings. The van der Waals surface area contributed by atoms with Gasteiger partial charge in [-0.1, -0.05) is 11.3 Å². The summed E-state index contributed by atoms with van der Waals surface area (Å²) in [5, 5.41) is 10.5. The van der Waals surface area contributed by atoms with Gasteiger partial charge in [0, 0.05) is 0 Å². The van der Waals surface area contributed by atoms with Crippen molar-refractivity contribution in [1.82, 2.24) is 4.98 Å². The van der Waals surface area contributed by atoms with Crippen molar-refractivity contribution >= 4 is 17.1 Å². The van der Waals surface area contributed by atoms with Crippen LogP contribution in [0.25, 0.3) is 0 Å². The number of ether oxygens (including phenoxy) is 1. The monoisotopic (exact) mass is 227 g/mol. The van der Waals surface area contributed by atoms with E-state index in [1.807, 2.05) is 0 Å². The summed E-state index contributed by atoms with van der Waals surface area (Å²) in [6.07, 6.45) is 4.43. The van der Waals surface area contributed by atoms with Crippen LogP contribution in [0.1, 0.15) is 35.4 Å².